The number of hydrogen-bond donors (Lipinski definition) is 1. The average molecular weight is 368 g/mol. The van der Waals surface area contributed by atoms with Crippen LogP contribution in [0.2, 0.25) is 0 Å². The number of carbonyl (C=O) groups excluding carboxylic acids is 2. The van der Waals surface area contributed by atoms with Gasteiger partial charge in [-0.25, -0.2) is 14.8 Å². The summed E-state index contributed by atoms with van der Waals surface area (Å²) < 4.78 is 12.3. The lowest BCUT2D eigenvalue weighted by molar-refractivity contribution is -0.150. The molecule has 0 aliphatic heterocycles. The number of hydrogen-bond acceptors (Lipinski definition) is 6. The standard InChI is InChI=1S/C19H20N4O4/c1-13(2)27-19(25)15(10-23-9-8-20-12-23)21-17(24)16-11-26-18(22-16)14-6-4-3-5-7-14/h3-9,11-13,15H,10H2,1-2H3,(H,21,24)/t15-/m0/s1. The minimum Gasteiger partial charge on any atom is -0.461 e. The van der Waals surface area contributed by atoms with E-state index in [4.69, 9.17) is 9.15 Å². The molecule has 2 aromatic heterocycles. The number of nitrogens with zero attached hydrogens (tertiary/aromatic N) is 3. The normalized spacial score (nSPS) is 12.0. The van der Waals surface area contributed by atoms with Gasteiger partial charge in [-0.1, -0.05) is 18.2 Å². The molecule has 0 aliphatic carbocycles. The van der Waals surface area contributed by atoms with E-state index in [0.717, 1.165) is 5.56 Å². The van der Waals surface area contributed by atoms with Crippen LogP contribution in [0.4, 0.5) is 0 Å². The summed E-state index contributed by atoms with van der Waals surface area (Å²) in [6.45, 7) is 3.69. The molecule has 8 nitrogen and oxygen atoms in total. The largest absolute Gasteiger partial charge is 0.461 e. The molecule has 140 valence electrons. The number of carbonyl (C=O) groups is 2. The number of oxazole rings is 1. The Balaban J connectivity index is 1.73. The van der Waals surface area contributed by atoms with Gasteiger partial charge in [-0.15, -0.1) is 0 Å². The van der Waals surface area contributed by atoms with Crippen molar-refractivity contribution in [3.63, 3.8) is 0 Å². The smallest absolute Gasteiger partial charge is 0.330 e. The Hall–Kier alpha value is -3.42. The first-order valence-corrected chi connectivity index (χ1v) is 8.51. The molecule has 0 bridgehead atoms. The molecule has 1 amide bonds. The molecule has 3 aromatic rings. The highest BCUT2D eigenvalue weighted by Gasteiger charge is 2.25. The predicted octanol–water partition coefficient (Wildman–Crippen LogP) is 2.29. The highest BCUT2D eigenvalue weighted by Crippen LogP contribution is 2.18. The molecule has 3 rings (SSSR count). The molecular formula is C19H20N4O4. The van der Waals surface area contributed by atoms with Crippen molar-refractivity contribution in [1.29, 1.82) is 0 Å². The summed E-state index contributed by atoms with van der Waals surface area (Å²) in [7, 11) is 0. The van der Waals surface area contributed by atoms with E-state index in [1.54, 1.807) is 37.1 Å². The number of imidazole rings is 1. The van der Waals surface area contributed by atoms with E-state index in [0.29, 0.717) is 5.89 Å². The Labute approximate surface area is 156 Å². The van der Waals surface area contributed by atoms with Crippen LogP contribution in [0.15, 0.2) is 59.7 Å². The van der Waals surface area contributed by atoms with Gasteiger partial charge in [0.25, 0.3) is 5.91 Å². The third-order valence-corrected chi connectivity index (χ3v) is 3.65. The fourth-order valence-electron chi connectivity index (χ4n) is 2.42. The molecule has 0 aliphatic rings. The van der Waals surface area contributed by atoms with Crippen molar-refractivity contribution in [1.82, 2.24) is 19.9 Å². The van der Waals surface area contributed by atoms with Crippen molar-refractivity contribution < 1.29 is 18.7 Å². The third kappa shape index (κ3) is 4.81. The minimum atomic E-state index is -0.883. The number of aromatic nitrogens is 3. The zero-order chi connectivity index (χ0) is 19.2. The van der Waals surface area contributed by atoms with Crippen molar-refractivity contribution in [2.24, 2.45) is 0 Å². The van der Waals surface area contributed by atoms with Crippen LogP contribution in [0.3, 0.4) is 0 Å². The van der Waals surface area contributed by atoms with Crippen LogP contribution in [0.25, 0.3) is 11.5 Å². The molecule has 0 saturated carbocycles. The Morgan fingerprint density at radius 1 is 1.26 bits per heavy atom. The molecule has 0 radical (unpaired) electrons. The first-order chi connectivity index (χ1) is 13.0. The van der Waals surface area contributed by atoms with Crippen LogP contribution in [0.1, 0.15) is 24.3 Å². The second-order valence-corrected chi connectivity index (χ2v) is 6.18. The van der Waals surface area contributed by atoms with Gasteiger partial charge in [-0.05, 0) is 26.0 Å². The molecular weight excluding hydrogens is 348 g/mol. The second-order valence-electron chi connectivity index (χ2n) is 6.18. The van der Waals surface area contributed by atoms with Crippen molar-refractivity contribution in [2.75, 3.05) is 0 Å². The number of ether oxygens (including phenoxy) is 1. The summed E-state index contributed by atoms with van der Waals surface area (Å²) in [6, 6.07) is 8.35. The van der Waals surface area contributed by atoms with Crippen LogP contribution in [0.5, 0.6) is 0 Å². The first kappa shape index (κ1) is 18.4. The molecule has 0 saturated heterocycles. The van der Waals surface area contributed by atoms with Crippen LogP contribution >= 0.6 is 0 Å². The lowest BCUT2D eigenvalue weighted by Gasteiger charge is -2.19. The summed E-state index contributed by atoms with van der Waals surface area (Å²) in [4.78, 5) is 33.1. The highest BCUT2D eigenvalue weighted by atomic mass is 16.5. The second kappa shape index (κ2) is 8.31. The molecule has 0 fully saturated rings. The van der Waals surface area contributed by atoms with E-state index in [1.165, 1.54) is 6.26 Å². The first-order valence-electron chi connectivity index (χ1n) is 8.51. The fraction of sp³-hybridized carbons (Fsp3) is 0.263. The highest BCUT2D eigenvalue weighted by molar-refractivity contribution is 5.95. The van der Waals surface area contributed by atoms with E-state index in [2.05, 4.69) is 15.3 Å². The summed E-state index contributed by atoms with van der Waals surface area (Å²) >= 11 is 0. The fourth-order valence-corrected chi connectivity index (χ4v) is 2.42. The number of benzene rings is 1. The van der Waals surface area contributed by atoms with Gasteiger partial charge in [0.1, 0.15) is 12.3 Å². The maximum atomic E-state index is 12.6. The monoisotopic (exact) mass is 368 g/mol. The summed E-state index contributed by atoms with van der Waals surface area (Å²) in [5.41, 5.74) is 0.840. The van der Waals surface area contributed by atoms with E-state index < -0.39 is 17.9 Å². The van der Waals surface area contributed by atoms with Crippen LogP contribution < -0.4 is 5.32 Å². The number of rotatable bonds is 7. The molecule has 0 unspecified atom stereocenters. The van der Waals surface area contributed by atoms with Crippen LogP contribution in [0, 0.1) is 0 Å². The molecule has 0 spiro atoms. The molecule has 27 heavy (non-hydrogen) atoms. The van der Waals surface area contributed by atoms with E-state index in [1.807, 2.05) is 30.3 Å². The van der Waals surface area contributed by atoms with Gasteiger partial charge < -0.3 is 19.0 Å². The summed E-state index contributed by atoms with van der Waals surface area (Å²) in [5, 5.41) is 2.66. The molecule has 1 N–H and O–H groups in total. The predicted molar refractivity (Wildman–Crippen MR) is 96.6 cm³/mol. The average Bonchev–Trinajstić information content (AvgIpc) is 3.33. The maximum Gasteiger partial charge on any atom is 0.330 e. The zero-order valence-corrected chi connectivity index (χ0v) is 15.0. The Morgan fingerprint density at radius 2 is 2.04 bits per heavy atom. The topological polar surface area (TPSA) is 99.2 Å². The van der Waals surface area contributed by atoms with E-state index >= 15 is 0 Å². The van der Waals surface area contributed by atoms with Gasteiger partial charge in [0.2, 0.25) is 5.89 Å². The number of esters is 1. The molecule has 1 atom stereocenters. The van der Waals surface area contributed by atoms with Crippen molar-refractivity contribution in [3.8, 4) is 11.5 Å². The van der Waals surface area contributed by atoms with Crippen molar-refractivity contribution in [2.45, 2.75) is 32.5 Å². The van der Waals surface area contributed by atoms with Gasteiger partial charge >= 0.3 is 5.97 Å². The Bertz CT molecular complexity index is 888. The van der Waals surface area contributed by atoms with Gasteiger partial charge in [-0.2, -0.15) is 0 Å². The lowest BCUT2D eigenvalue weighted by atomic mass is 10.2. The molecule has 1 aromatic carbocycles. The Morgan fingerprint density at radius 3 is 2.70 bits per heavy atom. The molecule has 2 heterocycles. The van der Waals surface area contributed by atoms with Gasteiger partial charge in [0.15, 0.2) is 5.69 Å². The van der Waals surface area contributed by atoms with E-state index in [9.17, 15) is 9.59 Å². The molecule has 8 heteroatoms. The van der Waals surface area contributed by atoms with Gasteiger partial charge in [0, 0.05) is 18.0 Å². The number of amides is 1. The quantitative estimate of drug-likeness (QED) is 0.643. The van der Waals surface area contributed by atoms with Crippen LogP contribution in [-0.2, 0) is 16.1 Å². The van der Waals surface area contributed by atoms with Crippen LogP contribution in [-0.4, -0.2) is 38.6 Å². The zero-order valence-electron chi connectivity index (χ0n) is 15.0. The van der Waals surface area contributed by atoms with E-state index in [-0.39, 0.29) is 18.3 Å². The lowest BCUT2D eigenvalue weighted by Crippen LogP contribution is -2.45. The minimum absolute atomic E-state index is 0.0850. The number of nitrogens with one attached hydrogen (secondary N) is 1. The Kier molecular flexibility index (Phi) is 5.65. The van der Waals surface area contributed by atoms with Gasteiger partial charge in [-0.3, -0.25) is 4.79 Å². The third-order valence-electron chi connectivity index (χ3n) is 3.65. The van der Waals surface area contributed by atoms with Gasteiger partial charge in [0.05, 0.1) is 19.0 Å². The summed E-state index contributed by atoms with van der Waals surface area (Å²) in [6.07, 6.45) is 5.82. The summed E-state index contributed by atoms with van der Waals surface area (Å²) in [5.74, 6) is -0.720. The maximum absolute atomic E-state index is 12.6. The SMILES string of the molecule is CC(C)OC(=O)[C@H](Cn1ccnc1)NC(=O)c1coc(-c2ccccc2)n1. The van der Waals surface area contributed by atoms with Crippen molar-refractivity contribution >= 4 is 11.9 Å². The van der Waals surface area contributed by atoms with Crippen molar-refractivity contribution in [3.05, 3.63) is 61.0 Å².